The maximum Gasteiger partial charge on any atom is 0.239 e. The number of hydrogen-bond acceptors (Lipinski definition) is 3. The first-order chi connectivity index (χ1) is 9.39. The molecule has 0 radical (unpaired) electrons. The van der Waals surface area contributed by atoms with Gasteiger partial charge in [-0.05, 0) is 40.0 Å². The Morgan fingerprint density at radius 1 is 1.15 bits per heavy atom. The Kier molecular flexibility index (Phi) is 9.80. The second-order valence-electron chi connectivity index (χ2n) is 5.70. The second-order valence-corrected chi connectivity index (χ2v) is 5.70. The Balaban J connectivity index is 3.75. The number of carbonyl (C=O) groups excluding carboxylic acids is 1. The van der Waals surface area contributed by atoms with Crippen LogP contribution in [0.5, 0.6) is 0 Å². The molecule has 0 aliphatic carbocycles. The number of carbonyl (C=O) groups is 1. The fourth-order valence-electron chi connectivity index (χ4n) is 1.60. The number of nitrogens with one attached hydrogen (secondary N) is 3. The number of nitrogens with zero attached hydrogens (tertiary/aromatic N) is 1. The van der Waals surface area contributed by atoms with Crippen LogP contribution in [-0.4, -0.2) is 51.3 Å². The Morgan fingerprint density at radius 2 is 1.85 bits per heavy atom. The molecule has 0 aromatic carbocycles. The molecule has 20 heavy (non-hydrogen) atoms. The molecular weight excluding hydrogens is 256 g/mol. The fraction of sp³-hybridized carbons (Fsp3) is 0.857. The normalized spacial score (nSPS) is 12.2. The van der Waals surface area contributed by atoms with E-state index in [0.29, 0.717) is 5.96 Å². The molecular formula is C14H30N4O2. The Bertz CT molecular complexity index is 298. The highest BCUT2D eigenvalue weighted by Crippen LogP contribution is 1.97. The van der Waals surface area contributed by atoms with Crippen molar-refractivity contribution in [3.05, 3.63) is 0 Å². The van der Waals surface area contributed by atoms with E-state index in [9.17, 15) is 4.79 Å². The molecule has 0 aromatic rings. The van der Waals surface area contributed by atoms with Crippen LogP contribution in [-0.2, 0) is 9.53 Å². The lowest BCUT2D eigenvalue weighted by atomic mass is 10.1. The number of unbranched alkanes of at least 4 members (excludes halogenated alkanes) is 2. The van der Waals surface area contributed by atoms with Gasteiger partial charge >= 0.3 is 0 Å². The number of methoxy groups -OCH3 is 1. The number of ether oxygens (including phenoxy) is 1. The highest BCUT2D eigenvalue weighted by Gasteiger charge is 2.13. The molecule has 3 N–H and O–H groups in total. The molecule has 0 spiro atoms. The summed E-state index contributed by atoms with van der Waals surface area (Å²) >= 11 is 0. The number of aliphatic imine (C=N–C) groups is 1. The van der Waals surface area contributed by atoms with E-state index in [-0.39, 0.29) is 18.0 Å². The number of guanidine groups is 1. The van der Waals surface area contributed by atoms with Crippen molar-refractivity contribution >= 4 is 11.9 Å². The van der Waals surface area contributed by atoms with Crippen molar-refractivity contribution in [1.29, 1.82) is 0 Å². The van der Waals surface area contributed by atoms with E-state index in [0.717, 1.165) is 32.4 Å². The first kappa shape index (κ1) is 18.7. The van der Waals surface area contributed by atoms with Crippen molar-refractivity contribution < 1.29 is 9.53 Å². The monoisotopic (exact) mass is 286 g/mol. The van der Waals surface area contributed by atoms with Gasteiger partial charge in [0.15, 0.2) is 5.96 Å². The van der Waals surface area contributed by atoms with Gasteiger partial charge in [0.05, 0.1) is 6.54 Å². The summed E-state index contributed by atoms with van der Waals surface area (Å²) in [6.45, 7) is 7.73. The zero-order chi connectivity index (χ0) is 15.4. The molecule has 0 unspecified atom stereocenters. The largest absolute Gasteiger partial charge is 0.385 e. The molecule has 0 atom stereocenters. The minimum Gasteiger partial charge on any atom is -0.385 e. The highest BCUT2D eigenvalue weighted by molar-refractivity contribution is 5.86. The van der Waals surface area contributed by atoms with Crippen LogP contribution in [0.4, 0.5) is 0 Å². The molecule has 6 nitrogen and oxygen atoms in total. The van der Waals surface area contributed by atoms with Gasteiger partial charge in [0, 0.05) is 32.8 Å². The van der Waals surface area contributed by atoms with Gasteiger partial charge in [-0.1, -0.05) is 0 Å². The van der Waals surface area contributed by atoms with E-state index in [4.69, 9.17) is 4.74 Å². The van der Waals surface area contributed by atoms with Crippen molar-refractivity contribution in [3.8, 4) is 0 Å². The first-order valence-electron chi connectivity index (χ1n) is 7.13. The molecule has 0 heterocycles. The number of rotatable bonds is 8. The lowest BCUT2D eigenvalue weighted by molar-refractivity contribution is -0.121. The summed E-state index contributed by atoms with van der Waals surface area (Å²) in [6.07, 6.45) is 3.23. The lowest BCUT2D eigenvalue weighted by Crippen LogP contribution is -2.48. The summed E-state index contributed by atoms with van der Waals surface area (Å²) in [4.78, 5) is 15.7. The first-order valence-corrected chi connectivity index (χ1v) is 7.13. The van der Waals surface area contributed by atoms with Crippen molar-refractivity contribution in [1.82, 2.24) is 16.0 Å². The minimum atomic E-state index is -0.211. The fourth-order valence-corrected chi connectivity index (χ4v) is 1.60. The van der Waals surface area contributed by atoms with Gasteiger partial charge in [-0.15, -0.1) is 0 Å². The Morgan fingerprint density at radius 3 is 2.40 bits per heavy atom. The zero-order valence-corrected chi connectivity index (χ0v) is 13.5. The van der Waals surface area contributed by atoms with E-state index in [1.54, 1.807) is 14.2 Å². The van der Waals surface area contributed by atoms with Gasteiger partial charge in [0.2, 0.25) is 5.91 Å². The maximum atomic E-state index is 11.7. The maximum absolute atomic E-state index is 11.7. The number of amides is 1. The van der Waals surface area contributed by atoms with Gasteiger partial charge < -0.3 is 20.7 Å². The quantitative estimate of drug-likeness (QED) is 0.352. The van der Waals surface area contributed by atoms with Crippen LogP contribution < -0.4 is 16.0 Å². The van der Waals surface area contributed by atoms with Gasteiger partial charge in [-0.25, -0.2) is 0 Å². The standard InChI is InChI=1S/C14H30N4O2/c1-14(2,3)18-12(19)11-17-13(15-4)16-9-7-6-8-10-20-5/h6-11H2,1-5H3,(H,18,19)(H2,15,16,17). The molecule has 118 valence electrons. The highest BCUT2D eigenvalue weighted by atomic mass is 16.5. The molecule has 6 heteroatoms. The molecule has 0 saturated carbocycles. The predicted molar refractivity (Wildman–Crippen MR) is 83.0 cm³/mol. The molecule has 0 aromatic heterocycles. The topological polar surface area (TPSA) is 74.8 Å². The van der Waals surface area contributed by atoms with Crippen molar-refractivity contribution in [3.63, 3.8) is 0 Å². The van der Waals surface area contributed by atoms with Gasteiger partial charge in [0.1, 0.15) is 0 Å². The van der Waals surface area contributed by atoms with Crippen LogP contribution in [0.3, 0.4) is 0 Å². The molecule has 0 aliphatic rings. The molecule has 1 amide bonds. The summed E-state index contributed by atoms with van der Waals surface area (Å²) < 4.78 is 4.99. The zero-order valence-electron chi connectivity index (χ0n) is 13.5. The third-order valence-electron chi connectivity index (χ3n) is 2.47. The number of hydrogen-bond donors (Lipinski definition) is 3. The van der Waals surface area contributed by atoms with Crippen LogP contribution >= 0.6 is 0 Å². The summed E-state index contributed by atoms with van der Waals surface area (Å²) in [5.41, 5.74) is -0.211. The van der Waals surface area contributed by atoms with E-state index in [1.165, 1.54) is 0 Å². The van der Waals surface area contributed by atoms with Crippen LogP contribution in [0.2, 0.25) is 0 Å². The summed E-state index contributed by atoms with van der Waals surface area (Å²) in [6, 6.07) is 0. The van der Waals surface area contributed by atoms with Crippen molar-refractivity contribution in [2.45, 2.75) is 45.6 Å². The lowest BCUT2D eigenvalue weighted by Gasteiger charge is -2.21. The van der Waals surface area contributed by atoms with Gasteiger partial charge in [-0.3, -0.25) is 9.79 Å². The van der Waals surface area contributed by atoms with E-state index >= 15 is 0 Å². The Labute approximate surface area is 122 Å². The summed E-state index contributed by atoms with van der Waals surface area (Å²) in [5.74, 6) is 0.612. The summed E-state index contributed by atoms with van der Waals surface area (Å²) in [5, 5.41) is 9.07. The summed E-state index contributed by atoms with van der Waals surface area (Å²) in [7, 11) is 3.41. The van der Waals surface area contributed by atoms with Gasteiger partial charge in [0.25, 0.3) is 0 Å². The third-order valence-corrected chi connectivity index (χ3v) is 2.47. The van der Waals surface area contributed by atoms with Gasteiger partial charge in [-0.2, -0.15) is 0 Å². The predicted octanol–water partition coefficient (Wildman–Crippen LogP) is 0.883. The van der Waals surface area contributed by atoms with Crippen LogP contribution in [0.15, 0.2) is 4.99 Å². The van der Waals surface area contributed by atoms with E-state index < -0.39 is 0 Å². The molecule has 0 aliphatic heterocycles. The van der Waals surface area contributed by atoms with E-state index in [1.807, 2.05) is 20.8 Å². The average molecular weight is 286 g/mol. The smallest absolute Gasteiger partial charge is 0.239 e. The van der Waals surface area contributed by atoms with Crippen molar-refractivity contribution in [2.24, 2.45) is 4.99 Å². The van der Waals surface area contributed by atoms with Crippen LogP contribution in [0.25, 0.3) is 0 Å². The molecule has 0 saturated heterocycles. The van der Waals surface area contributed by atoms with Crippen molar-refractivity contribution in [2.75, 3.05) is 33.9 Å². The third kappa shape index (κ3) is 11.8. The second kappa shape index (κ2) is 10.5. The SMILES string of the molecule is CN=C(NCCCCCOC)NCC(=O)NC(C)(C)C. The molecule has 0 rings (SSSR count). The minimum absolute atomic E-state index is 0.0412. The molecule has 0 bridgehead atoms. The van der Waals surface area contributed by atoms with E-state index in [2.05, 4.69) is 20.9 Å². The Hall–Kier alpha value is -1.30. The molecule has 0 fully saturated rings. The van der Waals surface area contributed by atoms with Crippen LogP contribution in [0, 0.1) is 0 Å². The van der Waals surface area contributed by atoms with Crippen LogP contribution in [0.1, 0.15) is 40.0 Å². The average Bonchev–Trinajstić information content (AvgIpc) is 2.35.